The molecule has 2 nitrogen and oxygen atoms in total. The molecule has 0 saturated carbocycles. The number of halogens is 2. The second-order valence-corrected chi connectivity index (χ2v) is 3.15. The molecule has 1 aromatic carbocycles. The predicted molar refractivity (Wildman–Crippen MR) is 52.4 cm³/mol. The largest absolute Gasteiger partial charge is 0.207 e. The van der Waals surface area contributed by atoms with Gasteiger partial charge < -0.3 is 0 Å². The van der Waals surface area contributed by atoms with Gasteiger partial charge in [0.05, 0.1) is 11.2 Å². The van der Waals surface area contributed by atoms with Gasteiger partial charge in [0, 0.05) is 5.56 Å². The van der Waals surface area contributed by atoms with Gasteiger partial charge in [0.15, 0.2) is 0 Å². The Morgan fingerprint density at radius 2 is 2.07 bits per heavy atom. The Labute approximate surface area is 85.4 Å². The molecule has 0 spiro atoms. The van der Waals surface area contributed by atoms with Crippen LogP contribution >= 0.6 is 11.6 Å². The lowest BCUT2D eigenvalue weighted by Crippen LogP contribution is -1.88. The molecule has 14 heavy (non-hydrogen) atoms. The smallest absolute Gasteiger partial charge is 0.123 e. The van der Waals surface area contributed by atoms with E-state index >= 15 is 0 Å². The van der Waals surface area contributed by atoms with Crippen LogP contribution in [0.15, 0.2) is 36.5 Å². The van der Waals surface area contributed by atoms with E-state index < -0.39 is 0 Å². The molecule has 0 amide bonds. The first-order chi connectivity index (χ1) is 6.77. The van der Waals surface area contributed by atoms with E-state index in [1.165, 1.54) is 18.3 Å². The van der Waals surface area contributed by atoms with E-state index in [4.69, 9.17) is 11.6 Å². The van der Waals surface area contributed by atoms with Crippen molar-refractivity contribution >= 4 is 11.6 Å². The highest BCUT2D eigenvalue weighted by Crippen LogP contribution is 2.24. The lowest BCUT2D eigenvalue weighted by Gasteiger charge is -2.01. The predicted octanol–water partition coefficient (Wildman–Crippen LogP) is 2.94. The molecule has 0 unspecified atom stereocenters. The molecule has 0 aliphatic heterocycles. The average Bonchev–Trinajstić information content (AvgIpc) is 2.18. The first-order valence-corrected chi connectivity index (χ1v) is 4.38. The highest BCUT2D eigenvalue weighted by molar-refractivity contribution is 6.32. The molecular formula is C10H6ClFN2. The van der Waals surface area contributed by atoms with Crippen molar-refractivity contribution in [3.63, 3.8) is 0 Å². The second-order valence-electron chi connectivity index (χ2n) is 2.74. The molecule has 70 valence electrons. The summed E-state index contributed by atoms with van der Waals surface area (Å²) < 4.78 is 12.9. The molecule has 0 saturated heterocycles. The summed E-state index contributed by atoms with van der Waals surface area (Å²) in [4.78, 5) is 0. The quantitative estimate of drug-likeness (QED) is 0.720. The summed E-state index contributed by atoms with van der Waals surface area (Å²) in [5.74, 6) is -0.316. The summed E-state index contributed by atoms with van der Waals surface area (Å²) in [5.41, 5.74) is 1.12. The van der Waals surface area contributed by atoms with Crippen LogP contribution in [0, 0.1) is 5.82 Å². The van der Waals surface area contributed by atoms with Crippen LogP contribution < -0.4 is 0 Å². The van der Waals surface area contributed by atoms with Gasteiger partial charge in [-0.2, -0.15) is 5.10 Å². The molecule has 0 aliphatic carbocycles. The van der Waals surface area contributed by atoms with E-state index in [-0.39, 0.29) is 5.82 Å². The Balaban J connectivity index is 2.55. The van der Waals surface area contributed by atoms with Crippen molar-refractivity contribution in [3.05, 3.63) is 47.4 Å². The number of aromatic nitrogens is 2. The summed E-state index contributed by atoms with van der Waals surface area (Å²) >= 11 is 5.89. The molecular weight excluding hydrogens is 203 g/mol. The van der Waals surface area contributed by atoms with Gasteiger partial charge in [0.1, 0.15) is 11.5 Å². The lowest BCUT2D eigenvalue weighted by atomic mass is 10.1. The van der Waals surface area contributed by atoms with Gasteiger partial charge in [-0.3, -0.25) is 0 Å². The third-order valence-electron chi connectivity index (χ3n) is 1.77. The number of rotatable bonds is 1. The van der Waals surface area contributed by atoms with Crippen LogP contribution in [0.25, 0.3) is 11.3 Å². The van der Waals surface area contributed by atoms with Crippen molar-refractivity contribution in [2.45, 2.75) is 0 Å². The van der Waals surface area contributed by atoms with Gasteiger partial charge in [-0.1, -0.05) is 23.7 Å². The van der Waals surface area contributed by atoms with Crippen LogP contribution in [0.5, 0.6) is 0 Å². The Bertz CT molecular complexity index is 459. The van der Waals surface area contributed by atoms with E-state index in [0.717, 1.165) is 0 Å². The average molecular weight is 209 g/mol. The monoisotopic (exact) mass is 208 g/mol. The molecule has 0 bridgehead atoms. The van der Waals surface area contributed by atoms with E-state index in [0.29, 0.717) is 16.3 Å². The van der Waals surface area contributed by atoms with Crippen LogP contribution in [-0.4, -0.2) is 10.2 Å². The van der Waals surface area contributed by atoms with E-state index in [1.807, 2.05) is 0 Å². The molecule has 4 heteroatoms. The highest BCUT2D eigenvalue weighted by atomic mass is 35.5. The third-order valence-corrected chi connectivity index (χ3v) is 2.07. The normalized spacial score (nSPS) is 10.1. The van der Waals surface area contributed by atoms with Crippen LogP contribution in [-0.2, 0) is 0 Å². The van der Waals surface area contributed by atoms with Gasteiger partial charge in [0.25, 0.3) is 0 Å². The van der Waals surface area contributed by atoms with E-state index in [1.54, 1.807) is 18.2 Å². The summed E-state index contributed by atoms with van der Waals surface area (Å²) in [5, 5.41) is 8.00. The number of hydrogen-bond acceptors (Lipinski definition) is 2. The minimum absolute atomic E-state index is 0.316. The molecule has 2 aromatic rings. The lowest BCUT2D eigenvalue weighted by molar-refractivity contribution is 0.628. The summed E-state index contributed by atoms with van der Waals surface area (Å²) in [6.45, 7) is 0. The van der Waals surface area contributed by atoms with Crippen LogP contribution in [0.2, 0.25) is 5.02 Å². The number of benzene rings is 1. The molecule has 1 heterocycles. The van der Waals surface area contributed by atoms with Crippen molar-refractivity contribution in [2.24, 2.45) is 0 Å². The molecule has 1 aromatic heterocycles. The van der Waals surface area contributed by atoms with Crippen molar-refractivity contribution in [1.82, 2.24) is 10.2 Å². The molecule has 0 fully saturated rings. The minimum atomic E-state index is -0.316. The second kappa shape index (κ2) is 3.72. The third kappa shape index (κ3) is 1.72. The zero-order valence-corrected chi connectivity index (χ0v) is 7.87. The van der Waals surface area contributed by atoms with Crippen molar-refractivity contribution in [1.29, 1.82) is 0 Å². The van der Waals surface area contributed by atoms with Gasteiger partial charge in [-0.05, 0) is 18.2 Å². The van der Waals surface area contributed by atoms with E-state index in [9.17, 15) is 4.39 Å². The standard InChI is InChI=1S/C10H6ClFN2/c11-9-4-5-13-14-10(9)7-2-1-3-8(12)6-7/h1-6H. The Morgan fingerprint density at radius 1 is 1.21 bits per heavy atom. The molecule has 0 N–H and O–H groups in total. The summed E-state index contributed by atoms with van der Waals surface area (Å²) in [6, 6.07) is 7.70. The van der Waals surface area contributed by atoms with Gasteiger partial charge in [-0.25, -0.2) is 4.39 Å². The van der Waals surface area contributed by atoms with Crippen LogP contribution in [0.1, 0.15) is 0 Å². The zero-order chi connectivity index (χ0) is 9.97. The molecule has 2 rings (SSSR count). The topological polar surface area (TPSA) is 25.8 Å². The molecule has 0 radical (unpaired) electrons. The van der Waals surface area contributed by atoms with Crippen LogP contribution in [0.3, 0.4) is 0 Å². The fourth-order valence-corrected chi connectivity index (χ4v) is 1.35. The SMILES string of the molecule is Fc1cccc(-c2nnccc2Cl)c1. The zero-order valence-electron chi connectivity index (χ0n) is 7.11. The van der Waals surface area contributed by atoms with Gasteiger partial charge >= 0.3 is 0 Å². The molecule has 0 aliphatic rings. The maximum absolute atomic E-state index is 12.9. The van der Waals surface area contributed by atoms with Crippen LogP contribution in [0.4, 0.5) is 4.39 Å². The Hall–Kier alpha value is -1.48. The maximum atomic E-state index is 12.9. The first-order valence-electron chi connectivity index (χ1n) is 4.00. The maximum Gasteiger partial charge on any atom is 0.123 e. The fraction of sp³-hybridized carbons (Fsp3) is 0. The first kappa shape index (κ1) is 9.09. The minimum Gasteiger partial charge on any atom is -0.207 e. The van der Waals surface area contributed by atoms with Crippen molar-refractivity contribution < 1.29 is 4.39 Å². The Morgan fingerprint density at radius 3 is 2.79 bits per heavy atom. The fourth-order valence-electron chi connectivity index (χ4n) is 1.15. The highest BCUT2D eigenvalue weighted by Gasteiger charge is 2.05. The summed E-state index contributed by atoms with van der Waals surface area (Å²) in [6.07, 6.45) is 1.49. The van der Waals surface area contributed by atoms with Gasteiger partial charge in [0.2, 0.25) is 0 Å². The summed E-state index contributed by atoms with van der Waals surface area (Å²) in [7, 11) is 0. The van der Waals surface area contributed by atoms with Crippen molar-refractivity contribution in [2.75, 3.05) is 0 Å². The molecule has 0 atom stereocenters. The van der Waals surface area contributed by atoms with Gasteiger partial charge in [-0.15, -0.1) is 5.10 Å². The number of hydrogen-bond donors (Lipinski definition) is 0. The van der Waals surface area contributed by atoms with Crippen molar-refractivity contribution in [3.8, 4) is 11.3 Å². The Kier molecular flexibility index (Phi) is 2.41. The number of nitrogens with zero attached hydrogens (tertiary/aromatic N) is 2. The van der Waals surface area contributed by atoms with E-state index in [2.05, 4.69) is 10.2 Å².